The average Bonchev–Trinajstić information content (AvgIpc) is 2.28. The van der Waals surface area contributed by atoms with Gasteiger partial charge in [0.1, 0.15) is 11.5 Å². The Morgan fingerprint density at radius 1 is 1.29 bits per heavy atom. The maximum atomic E-state index is 11.0. The van der Waals surface area contributed by atoms with Crippen LogP contribution >= 0.6 is 11.6 Å². The molecule has 1 heterocycles. The van der Waals surface area contributed by atoms with Crippen molar-refractivity contribution in [2.75, 3.05) is 5.32 Å². The quantitative estimate of drug-likeness (QED) is 0.831. The molecule has 0 saturated heterocycles. The zero-order chi connectivity index (χ0) is 12.3. The molecule has 0 radical (unpaired) electrons. The fourth-order valence-corrected chi connectivity index (χ4v) is 1.60. The smallest absolute Gasteiger partial charge is 0.221 e. The Labute approximate surface area is 104 Å². The number of nitrogens with one attached hydrogen (secondary N) is 1. The summed E-state index contributed by atoms with van der Waals surface area (Å²) in [5.41, 5.74) is 2.32. The lowest BCUT2D eigenvalue weighted by atomic mass is 10.1. The molecule has 0 aliphatic heterocycles. The summed E-state index contributed by atoms with van der Waals surface area (Å²) in [5.74, 6) is -0.108. The summed E-state index contributed by atoms with van der Waals surface area (Å²) in [4.78, 5) is 18.9. The Hall–Kier alpha value is -1.94. The fraction of sp³-hybridized carbons (Fsp3) is 0.0833. The summed E-state index contributed by atoms with van der Waals surface area (Å²) in [5, 5.41) is 3.10. The Bertz CT molecular complexity index is 557. The van der Waals surface area contributed by atoms with Crippen LogP contribution in [0.1, 0.15) is 6.92 Å². The number of benzene rings is 1. The summed E-state index contributed by atoms with van der Waals surface area (Å²) >= 11 is 5.80. The number of carbonyl (C=O) groups is 1. The molecule has 0 aliphatic rings. The number of amides is 1. The normalized spacial score (nSPS) is 10.0. The standard InChI is InChI=1S/C12H10ClN3O/c1-8(17)16-10-4-2-3-9(5-10)11-6-12(13)15-7-14-11/h2-7H,1H3,(H,16,17). The third kappa shape index (κ3) is 3.01. The molecule has 0 aliphatic carbocycles. The summed E-state index contributed by atoms with van der Waals surface area (Å²) in [6.07, 6.45) is 1.41. The molecule has 86 valence electrons. The second-order valence-corrected chi connectivity index (χ2v) is 3.88. The number of halogens is 1. The van der Waals surface area contributed by atoms with E-state index in [0.29, 0.717) is 5.15 Å². The summed E-state index contributed by atoms with van der Waals surface area (Å²) < 4.78 is 0. The number of aromatic nitrogens is 2. The SMILES string of the molecule is CC(=O)Nc1cccc(-c2cc(Cl)ncn2)c1. The molecular formula is C12H10ClN3O. The number of rotatable bonds is 2. The van der Waals surface area contributed by atoms with Crippen LogP contribution in [0, 0.1) is 0 Å². The number of nitrogens with zero attached hydrogens (tertiary/aromatic N) is 2. The molecule has 0 spiro atoms. The monoisotopic (exact) mass is 247 g/mol. The first-order chi connectivity index (χ1) is 8.15. The molecule has 1 amide bonds. The van der Waals surface area contributed by atoms with Gasteiger partial charge in [0.15, 0.2) is 0 Å². The first kappa shape index (κ1) is 11.5. The van der Waals surface area contributed by atoms with Gasteiger partial charge in [-0.2, -0.15) is 0 Å². The molecule has 0 fully saturated rings. The van der Waals surface area contributed by atoms with Gasteiger partial charge in [-0.15, -0.1) is 0 Å². The van der Waals surface area contributed by atoms with Crippen LogP contribution in [0.4, 0.5) is 5.69 Å². The van der Waals surface area contributed by atoms with Crippen LogP contribution in [-0.2, 0) is 4.79 Å². The summed E-state index contributed by atoms with van der Waals surface area (Å²) in [6.45, 7) is 1.47. The molecular weight excluding hydrogens is 238 g/mol. The van der Waals surface area contributed by atoms with Crippen molar-refractivity contribution in [2.24, 2.45) is 0 Å². The first-order valence-electron chi connectivity index (χ1n) is 5.01. The van der Waals surface area contributed by atoms with Crippen molar-refractivity contribution in [3.63, 3.8) is 0 Å². The van der Waals surface area contributed by atoms with Crippen molar-refractivity contribution >= 4 is 23.2 Å². The van der Waals surface area contributed by atoms with Gasteiger partial charge < -0.3 is 5.32 Å². The summed E-state index contributed by atoms with van der Waals surface area (Å²) in [6, 6.07) is 9.06. The van der Waals surface area contributed by atoms with E-state index >= 15 is 0 Å². The molecule has 4 nitrogen and oxygen atoms in total. The molecule has 17 heavy (non-hydrogen) atoms. The number of hydrogen-bond acceptors (Lipinski definition) is 3. The average molecular weight is 248 g/mol. The van der Waals surface area contributed by atoms with E-state index in [0.717, 1.165) is 16.9 Å². The largest absolute Gasteiger partial charge is 0.326 e. The minimum atomic E-state index is -0.108. The van der Waals surface area contributed by atoms with Gasteiger partial charge in [0, 0.05) is 24.2 Å². The van der Waals surface area contributed by atoms with Gasteiger partial charge in [0.25, 0.3) is 0 Å². The van der Waals surface area contributed by atoms with E-state index < -0.39 is 0 Å². The van der Waals surface area contributed by atoms with Crippen LogP contribution in [0.15, 0.2) is 36.7 Å². The molecule has 0 atom stereocenters. The molecule has 1 aromatic carbocycles. The number of hydrogen-bond donors (Lipinski definition) is 1. The van der Waals surface area contributed by atoms with Crippen molar-refractivity contribution in [3.05, 3.63) is 41.8 Å². The lowest BCUT2D eigenvalue weighted by Gasteiger charge is -2.05. The molecule has 0 bridgehead atoms. The van der Waals surface area contributed by atoms with E-state index in [1.54, 1.807) is 6.07 Å². The Kier molecular flexibility index (Phi) is 3.35. The third-order valence-corrected chi connectivity index (χ3v) is 2.32. The minimum absolute atomic E-state index is 0.108. The van der Waals surface area contributed by atoms with E-state index in [1.165, 1.54) is 13.3 Å². The van der Waals surface area contributed by atoms with E-state index in [-0.39, 0.29) is 5.91 Å². The third-order valence-electron chi connectivity index (χ3n) is 2.11. The van der Waals surface area contributed by atoms with Crippen LogP contribution in [0.5, 0.6) is 0 Å². The maximum absolute atomic E-state index is 11.0. The van der Waals surface area contributed by atoms with Crippen molar-refractivity contribution in [1.29, 1.82) is 0 Å². The van der Waals surface area contributed by atoms with Crippen LogP contribution < -0.4 is 5.32 Å². The second kappa shape index (κ2) is 4.93. The second-order valence-electron chi connectivity index (χ2n) is 3.49. The van der Waals surface area contributed by atoms with Crippen LogP contribution in [0.2, 0.25) is 5.15 Å². The highest BCUT2D eigenvalue weighted by Gasteiger charge is 2.02. The van der Waals surface area contributed by atoms with E-state index in [4.69, 9.17) is 11.6 Å². The van der Waals surface area contributed by atoms with Crippen molar-refractivity contribution in [2.45, 2.75) is 6.92 Å². The molecule has 1 N–H and O–H groups in total. The van der Waals surface area contributed by atoms with Crippen molar-refractivity contribution in [1.82, 2.24) is 9.97 Å². The Morgan fingerprint density at radius 3 is 2.82 bits per heavy atom. The predicted octanol–water partition coefficient (Wildman–Crippen LogP) is 2.76. The molecule has 2 aromatic rings. The topological polar surface area (TPSA) is 54.9 Å². The fourth-order valence-electron chi connectivity index (χ4n) is 1.45. The highest BCUT2D eigenvalue weighted by Crippen LogP contribution is 2.21. The van der Waals surface area contributed by atoms with Gasteiger partial charge in [-0.1, -0.05) is 23.7 Å². The van der Waals surface area contributed by atoms with Gasteiger partial charge >= 0.3 is 0 Å². The van der Waals surface area contributed by atoms with E-state index in [2.05, 4.69) is 15.3 Å². The molecule has 0 unspecified atom stereocenters. The lowest BCUT2D eigenvalue weighted by molar-refractivity contribution is -0.114. The molecule has 2 rings (SSSR count). The van der Waals surface area contributed by atoms with Crippen LogP contribution in [-0.4, -0.2) is 15.9 Å². The lowest BCUT2D eigenvalue weighted by Crippen LogP contribution is -2.05. The molecule has 5 heteroatoms. The van der Waals surface area contributed by atoms with Crippen LogP contribution in [0.25, 0.3) is 11.3 Å². The zero-order valence-electron chi connectivity index (χ0n) is 9.14. The van der Waals surface area contributed by atoms with Gasteiger partial charge in [-0.3, -0.25) is 4.79 Å². The predicted molar refractivity (Wildman–Crippen MR) is 66.8 cm³/mol. The van der Waals surface area contributed by atoms with Gasteiger partial charge in [-0.05, 0) is 12.1 Å². The van der Waals surface area contributed by atoms with E-state index in [9.17, 15) is 4.79 Å². The number of anilines is 1. The zero-order valence-corrected chi connectivity index (χ0v) is 9.90. The molecule has 0 saturated carbocycles. The van der Waals surface area contributed by atoms with Crippen molar-refractivity contribution in [3.8, 4) is 11.3 Å². The number of carbonyl (C=O) groups excluding carboxylic acids is 1. The van der Waals surface area contributed by atoms with Gasteiger partial charge in [0.2, 0.25) is 5.91 Å². The summed E-state index contributed by atoms with van der Waals surface area (Å²) in [7, 11) is 0. The Morgan fingerprint density at radius 2 is 2.12 bits per heavy atom. The Balaban J connectivity index is 2.36. The van der Waals surface area contributed by atoms with E-state index in [1.807, 2.05) is 24.3 Å². The highest BCUT2D eigenvalue weighted by atomic mass is 35.5. The maximum Gasteiger partial charge on any atom is 0.221 e. The van der Waals surface area contributed by atoms with Crippen LogP contribution in [0.3, 0.4) is 0 Å². The van der Waals surface area contributed by atoms with Gasteiger partial charge in [0.05, 0.1) is 5.69 Å². The van der Waals surface area contributed by atoms with Crippen molar-refractivity contribution < 1.29 is 4.79 Å². The first-order valence-corrected chi connectivity index (χ1v) is 5.38. The molecule has 1 aromatic heterocycles. The minimum Gasteiger partial charge on any atom is -0.326 e. The highest BCUT2D eigenvalue weighted by molar-refractivity contribution is 6.29. The van der Waals surface area contributed by atoms with Gasteiger partial charge in [-0.25, -0.2) is 9.97 Å².